The van der Waals surface area contributed by atoms with Crippen LogP contribution in [0.3, 0.4) is 0 Å². The van der Waals surface area contributed by atoms with Crippen LogP contribution in [0.2, 0.25) is 0 Å². The first-order chi connectivity index (χ1) is 8.09. The first kappa shape index (κ1) is 13.6. The van der Waals surface area contributed by atoms with E-state index < -0.39 is 13.0 Å². The van der Waals surface area contributed by atoms with Gasteiger partial charge in [0.15, 0.2) is 0 Å². The van der Waals surface area contributed by atoms with Gasteiger partial charge in [-0.3, -0.25) is 0 Å². The van der Waals surface area contributed by atoms with Crippen LogP contribution in [0.15, 0.2) is 12.3 Å². The van der Waals surface area contributed by atoms with E-state index in [1.54, 1.807) is 17.2 Å². The summed E-state index contributed by atoms with van der Waals surface area (Å²) in [6.07, 6.45) is -0.792. The molecule has 0 bridgehead atoms. The summed E-state index contributed by atoms with van der Waals surface area (Å²) in [6.45, 7) is 0.108. The number of aromatic nitrogens is 2. The Kier molecular flexibility index (Phi) is 5.55. The first-order valence-corrected chi connectivity index (χ1v) is 5.19. The van der Waals surface area contributed by atoms with E-state index in [1.807, 2.05) is 14.1 Å². The lowest BCUT2D eigenvalue weighted by atomic mass is 10.5. The smallest absolute Gasteiger partial charge is 0.261 e. The normalized spacial score (nSPS) is 10.6. The van der Waals surface area contributed by atoms with Crippen LogP contribution in [-0.4, -0.2) is 50.2 Å². The fraction of sp³-hybridized carbons (Fsp3) is 0.600. The lowest BCUT2D eigenvalue weighted by Crippen LogP contribution is -2.16. The zero-order valence-electron chi connectivity index (χ0n) is 9.86. The predicted octanol–water partition coefficient (Wildman–Crippen LogP) is 1.24. The molecule has 1 heterocycles. The van der Waals surface area contributed by atoms with Gasteiger partial charge in [0, 0.05) is 26.8 Å². The molecule has 0 saturated heterocycles. The van der Waals surface area contributed by atoms with Gasteiger partial charge in [-0.2, -0.15) is 4.98 Å². The van der Waals surface area contributed by atoms with Crippen molar-refractivity contribution < 1.29 is 13.5 Å². The number of hydrogen-bond acceptors (Lipinski definition) is 5. The maximum atomic E-state index is 11.8. The molecule has 0 aliphatic rings. The second-order valence-corrected chi connectivity index (χ2v) is 3.53. The number of nitrogens with one attached hydrogen (secondary N) is 1. The number of anilines is 2. The molecule has 96 valence electrons. The van der Waals surface area contributed by atoms with E-state index in [0.29, 0.717) is 18.3 Å². The first-order valence-electron chi connectivity index (χ1n) is 5.19. The van der Waals surface area contributed by atoms with Crippen molar-refractivity contribution in [3.05, 3.63) is 12.3 Å². The molecule has 0 amide bonds. The van der Waals surface area contributed by atoms with Crippen LogP contribution >= 0.6 is 0 Å². The lowest BCUT2D eigenvalue weighted by molar-refractivity contribution is 0.0215. The Morgan fingerprint density at radius 2 is 2.24 bits per heavy atom. The summed E-state index contributed by atoms with van der Waals surface area (Å²) in [5.41, 5.74) is 0. The Hall–Kier alpha value is -1.50. The second kappa shape index (κ2) is 6.95. The summed E-state index contributed by atoms with van der Waals surface area (Å²) in [6, 6.07) is 1.71. The molecular weight excluding hydrogens is 230 g/mol. The molecule has 1 N–H and O–H groups in total. The fourth-order valence-corrected chi connectivity index (χ4v) is 1.09. The maximum Gasteiger partial charge on any atom is 0.261 e. The number of hydrogen-bond donors (Lipinski definition) is 1. The standard InChI is InChI=1S/C10H16F2N4O/c1-16(2)10-14-4-3-9(15-10)13-5-6-17-7-8(11)12/h3-4,8H,5-7H2,1-2H3,(H,13,14,15). The number of nitrogens with zero attached hydrogens (tertiary/aromatic N) is 3. The number of rotatable bonds is 7. The van der Waals surface area contributed by atoms with Crippen molar-refractivity contribution in [3.8, 4) is 0 Å². The molecule has 0 saturated carbocycles. The van der Waals surface area contributed by atoms with Gasteiger partial charge < -0.3 is 15.0 Å². The van der Waals surface area contributed by atoms with Gasteiger partial charge in [0.05, 0.1) is 6.61 Å². The Morgan fingerprint density at radius 3 is 2.88 bits per heavy atom. The molecule has 0 aromatic carbocycles. The monoisotopic (exact) mass is 246 g/mol. The molecule has 1 aromatic heterocycles. The Balaban J connectivity index is 2.29. The van der Waals surface area contributed by atoms with Gasteiger partial charge in [0.25, 0.3) is 6.43 Å². The summed E-state index contributed by atoms with van der Waals surface area (Å²) in [7, 11) is 3.68. The topological polar surface area (TPSA) is 50.3 Å². The molecule has 1 aromatic rings. The summed E-state index contributed by atoms with van der Waals surface area (Å²) in [5.74, 6) is 1.23. The van der Waals surface area contributed by atoms with Crippen molar-refractivity contribution in [3.63, 3.8) is 0 Å². The fourth-order valence-electron chi connectivity index (χ4n) is 1.09. The third-order valence-corrected chi connectivity index (χ3v) is 1.84. The molecule has 1 rings (SSSR count). The van der Waals surface area contributed by atoms with Crippen LogP contribution in [0.25, 0.3) is 0 Å². The van der Waals surface area contributed by atoms with E-state index in [0.717, 1.165) is 0 Å². The highest BCUT2D eigenvalue weighted by Crippen LogP contribution is 2.07. The lowest BCUT2D eigenvalue weighted by Gasteiger charge is -2.11. The summed E-state index contributed by atoms with van der Waals surface area (Å²) in [5, 5.41) is 2.97. The minimum atomic E-state index is -2.42. The quantitative estimate of drug-likeness (QED) is 0.733. The summed E-state index contributed by atoms with van der Waals surface area (Å²) >= 11 is 0. The summed E-state index contributed by atoms with van der Waals surface area (Å²) < 4.78 is 28.2. The molecule has 0 aliphatic heterocycles. The Morgan fingerprint density at radius 1 is 1.47 bits per heavy atom. The average Bonchev–Trinajstić information content (AvgIpc) is 2.28. The zero-order chi connectivity index (χ0) is 12.7. The molecule has 7 heteroatoms. The van der Waals surface area contributed by atoms with E-state index in [4.69, 9.17) is 4.74 Å². The highest BCUT2D eigenvalue weighted by molar-refractivity contribution is 5.40. The van der Waals surface area contributed by atoms with Crippen molar-refractivity contribution in [1.29, 1.82) is 0 Å². The number of halogens is 2. The van der Waals surface area contributed by atoms with Crippen molar-refractivity contribution in [2.75, 3.05) is 44.1 Å². The minimum Gasteiger partial charge on any atom is -0.374 e. The van der Waals surface area contributed by atoms with E-state index in [-0.39, 0.29) is 6.61 Å². The third kappa shape index (κ3) is 5.39. The highest BCUT2D eigenvalue weighted by atomic mass is 19.3. The van der Waals surface area contributed by atoms with Gasteiger partial charge in [-0.1, -0.05) is 0 Å². The highest BCUT2D eigenvalue weighted by Gasteiger charge is 2.02. The van der Waals surface area contributed by atoms with Gasteiger partial charge in [-0.15, -0.1) is 0 Å². The molecule has 17 heavy (non-hydrogen) atoms. The van der Waals surface area contributed by atoms with Crippen LogP contribution in [0.1, 0.15) is 0 Å². The van der Waals surface area contributed by atoms with E-state index >= 15 is 0 Å². The van der Waals surface area contributed by atoms with E-state index in [2.05, 4.69) is 15.3 Å². The SMILES string of the molecule is CN(C)c1nccc(NCCOCC(F)F)n1. The largest absolute Gasteiger partial charge is 0.374 e. The zero-order valence-corrected chi connectivity index (χ0v) is 9.86. The summed E-state index contributed by atoms with van der Waals surface area (Å²) in [4.78, 5) is 10.0. The molecule has 0 aliphatic carbocycles. The number of ether oxygens (including phenoxy) is 1. The average molecular weight is 246 g/mol. The molecule has 0 fully saturated rings. The molecule has 0 atom stereocenters. The third-order valence-electron chi connectivity index (χ3n) is 1.84. The van der Waals surface area contributed by atoms with Gasteiger partial charge in [0.2, 0.25) is 5.95 Å². The van der Waals surface area contributed by atoms with Crippen molar-refractivity contribution in [2.45, 2.75) is 6.43 Å². The van der Waals surface area contributed by atoms with Crippen molar-refractivity contribution >= 4 is 11.8 Å². The van der Waals surface area contributed by atoms with Crippen LogP contribution < -0.4 is 10.2 Å². The van der Waals surface area contributed by atoms with Gasteiger partial charge >= 0.3 is 0 Å². The van der Waals surface area contributed by atoms with Crippen molar-refractivity contribution in [2.24, 2.45) is 0 Å². The predicted molar refractivity (Wildman–Crippen MR) is 61.7 cm³/mol. The second-order valence-electron chi connectivity index (χ2n) is 3.53. The minimum absolute atomic E-state index is 0.214. The maximum absolute atomic E-state index is 11.8. The van der Waals surface area contributed by atoms with E-state index in [9.17, 15) is 8.78 Å². The van der Waals surface area contributed by atoms with Crippen molar-refractivity contribution in [1.82, 2.24) is 9.97 Å². The molecule has 5 nitrogen and oxygen atoms in total. The number of alkyl halides is 2. The van der Waals surface area contributed by atoms with Crippen LogP contribution in [0.4, 0.5) is 20.5 Å². The molecular formula is C10H16F2N4O. The van der Waals surface area contributed by atoms with Crippen LogP contribution in [0.5, 0.6) is 0 Å². The van der Waals surface area contributed by atoms with E-state index in [1.165, 1.54) is 0 Å². The van der Waals surface area contributed by atoms with Crippen LogP contribution in [-0.2, 0) is 4.74 Å². The molecule has 0 unspecified atom stereocenters. The molecule has 0 radical (unpaired) electrons. The Bertz CT molecular complexity index is 336. The molecule has 0 spiro atoms. The van der Waals surface area contributed by atoms with Crippen LogP contribution in [0, 0.1) is 0 Å². The Labute approximate surface area is 98.8 Å². The van der Waals surface area contributed by atoms with Gasteiger partial charge in [-0.25, -0.2) is 13.8 Å². The van der Waals surface area contributed by atoms with Gasteiger partial charge in [0.1, 0.15) is 12.4 Å². The van der Waals surface area contributed by atoms with Gasteiger partial charge in [-0.05, 0) is 6.07 Å².